The Morgan fingerprint density at radius 3 is 1.03 bits per heavy atom. The van der Waals surface area contributed by atoms with E-state index in [9.17, 15) is 79.4 Å². The summed E-state index contributed by atoms with van der Waals surface area (Å²) in [4.78, 5) is 10.7. The van der Waals surface area contributed by atoms with Gasteiger partial charge in [0, 0.05) is 6.08 Å². The fourth-order valence-corrected chi connectivity index (χ4v) is 1.84. The number of hydrogen-bond acceptors (Lipinski definition) is 6. The van der Waals surface area contributed by atoms with Gasteiger partial charge in [-0.2, -0.15) is 74.6 Å². The molecule has 0 fully saturated rings. The molecule has 0 aromatic rings. The summed E-state index contributed by atoms with van der Waals surface area (Å²) in [6.07, 6.45) is -8.29. The van der Waals surface area contributed by atoms with Gasteiger partial charge in [-0.1, -0.05) is 6.58 Å². The average Bonchev–Trinajstić information content (AvgIpc) is 2.65. The van der Waals surface area contributed by atoms with Crippen LogP contribution in [0.25, 0.3) is 0 Å². The zero-order chi connectivity index (χ0) is 30.0. The molecule has 214 valence electrons. The lowest BCUT2D eigenvalue weighted by Gasteiger charge is -2.46. The largest absolute Gasteiger partial charge is 0.460 e. The van der Waals surface area contributed by atoms with Gasteiger partial charge in [0.2, 0.25) is 0 Å². The third-order valence-corrected chi connectivity index (χ3v) is 4.02. The quantitative estimate of drug-likeness (QED) is 0.137. The number of carbonyl (C=O) groups excluding carboxylic acids is 1. The molecule has 0 unspecified atom stereocenters. The molecule has 0 rings (SSSR count). The highest BCUT2D eigenvalue weighted by Gasteiger charge is 2.97. The van der Waals surface area contributed by atoms with E-state index in [4.69, 9.17) is 20.4 Å². The third-order valence-electron chi connectivity index (χ3n) is 4.02. The van der Waals surface area contributed by atoms with Crippen molar-refractivity contribution < 1.29 is 105 Å². The second-order valence-corrected chi connectivity index (χ2v) is 6.42. The fraction of sp³-hybridized carbons (Fsp3) is 0.769. The van der Waals surface area contributed by atoms with E-state index in [-0.39, 0.29) is 6.08 Å². The Balaban J connectivity index is 7.05. The number of halogens is 17. The summed E-state index contributed by atoms with van der Waals surface area (Å²) in [5, 5.41) is 35.3. The van der Waals surface area contributed by atoms with Gasteiger partial charge < -0.3 is 25.2 Å². The van der Waals surface area contributed by atoms with E-state index < -0.39 is 65.4 Å². The van der Waals surface area contributed by atoms with Crippen molar-refractivity contribution in [2.45, 2.75) is 59.4 Å². The Morgan fingerprint density at radius 2 is 0.778 bits per heavy atom. The molecular formula is C13H7F17O6. The SMILES string of the molecule is C=CC(=O)OC(O)(O)C(O)(O)C(F)(F)C(F)(F)C(F)(F)C(F)(F)C(F)(F)C(F)(F)C(F)(F)C(F)(F)F. The van der Waals surface area contributed by atoms with Crippen molar-refractivity contribution in [1.82, 2.24) is 0 Å². The number of aliphatic hydroxyl groups is 4. The van der Waals surface area contributed by atoms with E-state index in [0.717, 1.165) is 0 Å². The van der Waals surface area contributed by atoms with Crippen LogP contribution >= 0.6 is 0 Å². The van der Waals surface area contributed by atoms with Gasteiger partial charge in [-0.25, -0.2) is 4.79 Å². The number of carbonyl (C=O) groups is 1. The van der Waals surface area contributed by atoms with Crippen molar-refractivity contribution in [2.24, 2.45) is 0 Å². The normalized spacial score (nSPS) is 16.1. The standard InChI is InChI=1S/C13H7F17O6/c1-2-3(31)36-13(34,35)11(32,33)9(24,25)7(20,21)5(16,17)4(14,15)6(18,19)8(22,23)10(26,27)12(28,29)30/h2,32-35H,1H2. The van der Waals surface area contributed by atoms with Gasteiger partial charge in [0.05, 0.1) is 0 Å². The zero-order valence-corrected chi connectivity index (χ0v) is 15.8. The molecule has 0 radical (unpaired) electrons. The van der Waals surface area contributed by atoms with Crippen molar-refractivity contribution in [2.75, 3.05) is 0 Å². The van der Waals surface area contributed by atoms with Crippen LogP contribution in [0.4, 0.5) is 74.6 Å². The molecule has 0 saturated heterocycles. The van der Waals surface area contributed by atoms with Crippen LogP contribution in [-0.2, 0) is 9.53 Å². The maximum absolute atomic E-state index is 13.8. The van der Waals surface area contributed by atoms with Crippen molar-refractivity contribution in [3.8, 4) is 0 Å². The van der Waals surface area contributed by atoms with E-state index >= 15 is 0 Å². The Labute approximate surface area is 184 Å². The van der Waals surface area contributed by atoms with Crippen LogP contribution < -0.4 is 0 Å². The molecule has 0 bridgehead atoms. The second-order valence-electron chi connectivity index (χ2n) is 6.42. The third kappa shape index (κ3) is 4.12. The van der Waals surface area contributed by atoms with Gasteiger partial charge in [-0.3, -0.25) is 0 Å². The van der Waals surface area contributed by atoms with Crippen LogP contribution in [0.1, 0.15) is 0 Å². The lowest BCUT2D eigenvalue weighted by Crippen LogP contribution is -2.79. The molecule has 23 heteroatoms. The summed E-state index contributed by atoms with van der Waals surface area (Å²) in [5.41, 5.74) is 0. The first kappa shape index (κ1) is 33.9. The van der Waals surface area contributed by atoms with Crippen LogP contribution in [-0.4, -0.2) is 85.8 Å². The molecule has 0 heterocycles. The number of esters is 1. The maximum atomic E-state index is 13.8. The summed E-state index contributed by atoms with van der Waals surface area (Å²) in [7, 11) is 0. The predicted octanol–water partition coefficient (Wildman–Crippen LogP) is 3.04. The second kappa shape index (κ2) is 8.44. The summed E-state index contributed by atoms with van der Waals surface area (Å²) in [6, 6.07) is 0. The summed E-state index contributed by atoms with van der Waals surface area (Å²) >= 11 is 0. The van der Waals surface area contributed by atoms with Gasteiger partial charge in [0.1, 0.15) is 0 Å². The average molecular weight is 582 g/mol. The molecule has 0 saturated carbocycles. The minimum atomic E-state index is -9.06. The monoisotopic (exact) mass is 582 g/mol. The smallest absolute Gasteiger partial charge is 0.400 e. The Morgan fingerprint density at radius 1 is 0.528 bits per heavy atom. The highest BCUT2D eigenvalue weighted by Crippen LogP contribution is 2.65. The van der Waals surface area contributed by atoms with Gasteiger partial charge in [-0.15, -0.1) is 0 Å². The van der Waals surface area contributed by atoms with Gasteiger partial charge in [0.15, 0.2) is 0 Å². The molecule has 6 nitrogen and oxygen atoms in total. The number of ether oxygens (including phenoxy) is 1. The van der Waals surface area contributed by atoms with Crippen molar-refractivity contribution >= 4 is 5.97 Å². The first-order valence-corrected chi connectivity index (χ1v) is 7.67. The van der Waals surface area contributed by atoms with E-state index in [1.54, 1.807) is 0 Å². The summed E-state index contributed by atoms with van der Waals surface area (Å²) < 4.78 is 226. The van der Waals surface area contributed by atoms with Crippen LogP contribution in [0.3, 0.4) is 0 Å². The molecule has 0 spiro atoms. The predicted molar refractivity (Wildman–Crippen MR) is 71.3 cm³/mol. The van der Waals surface area contributed by atoms with E-state index in [1.807, 2.05) is 0 Å². The van der Waals surface area contributed by atoms with E-state index in [0.29, 0.717) is 0 Å². The molecule has 0 aromatic heterocycles. The van der Waals surface area contributed by atoms with Crippen LogP contribution in [0.2, 0.25) is 0 Å². The topological polar surface area (TPSA) is 107 Å². The summed E-state index contributed by atoms with van der Waals surface area (Å²) in [6.45, 7) is 2.39. The molecule has 0 amide bonds. The van der Waals surface area contributed by atoms with Gasteiger partial charge in [-0.05, 0) is 0 Å². The minimum Gasteiger partial charge on any atom is -0.400 e. The molecular weight excluding hydrogens is 575 g/mol. The molecule has 0 aromatic carbocycles. The van der Waals surface area contributed by atoms with E-state index in [1.165, 1.54) is 0 Å². The maximum Gasteiger partial charge on any atom is 0.460 e. The first-order chi connectivity index (χ1) is 15.2. The molecule has 4 N–H and O–H groups in total. The molecule has 0 atom stereocenters. The molecule has 0 aliphatic rings. The first-order valence-electron chi connectivity index (χ1n) is 7.67. The van der Waals surface area contributed by atoms with Crippen LogP contribution in [0.15, 0.2) is 12.7 Å². The van der Waals surface area contributed by atoms with Gasteiger partial charge in [0.25, 0.3) is 0 Å². The van der Waals surface area contributed by atoms with E-state index in [2.05, 4.69) is 11.3 Å². The molecule has 0 aliphatic carbocycles. The van der Waals surface area contributed by atoms with Crippen molar-refractivity contribution in [3.63, 3.8) is 0 Å². The number of hydrogen-bond donors (Lipinski definition) is 4. The molecule has 0 aliphatic heterocycles. The lowest BCUT2D eigenvalue weighted by atomic mass is 9.86. The van der Waals surface area contributed by atoms with Crippen LogP contribution in [0.5, 0.6) is 0 Å². The van der Waals surface area contributed by atoms with Crippen LogP contribution in [0, 0.1) is 0 Å². The number of rotatable bonds is 10. The summed E-state index contributed by atoms with van der Waals surface area (Å²) in [5.74, 6) is -76.5. The Hall–Kier alpha value is -2.14. The highest BCUT2D eigenvalue weighted by molar-refractivity contribution is 5.81. The molecule has 36 heavy (non-hydrogen) atoms. The Bertz CT molecular complexity index is 860. The highest BCUT2D eigenvalue weighted by atomic mass is 19.4. The van der Waals surface area contributed by atoms with Gasteiger partial charge >= 0.3 is 65.4 Å². The number of alkyl halides is 17. The van der Waals surface area contributed by atoms with Crippen molar-refractivity contribution in [3.05, 3.63) is 12.7 Å². The lowest BCUT2D eigenvalue weighted by molar-refractivity contribution is -0.525. The van der Waals surface area contributed by atoms with Crippen molar-refractivity contribution in [1.29, 1.82) is 0 Å². The Kier molecular flexibility index (Phi) is 7.94. The minimum absolute atomic E-state index is 0.320. The zero-order valence-electron chi connectivity index (χ0n) is 15.8. The fourth-order valence-electron chi connectivity index (χ4n) is 1.84.